The first-order valence-electron chi connectivity index (χ1n) is 12.6. The number of aromatic hydroxyl groups is 2. The van der Waals surface area contributed by atoms with Crippen molar-refractivity contribution in [2.75, 3.05) is 17.9 Å². The number of ether oxygens (including phenoxy) is 2. The standard InChI is InChI=1S/C29H31N3O8S/c1-29(2,3)19-10-14-22(15-11-19)41(37,38)32-27-25(40-24-7-5-4-6-23(24)36)28(39-17-21(35)16-33)31-26(30-27)18-8-12-20(34)13-9-18/h4-15,21,33-36H,16-17H2,1-3H3,(H,30,31,32). The topological polar surface area (TPSA) is 171 Å². The molecular weight excluding hydrogens is 550 g/mol. The number of phenolic OH excluding ortho intramolecular Hbond substituents is 2. The number of rotatable bonds is 10. The molecule has 0 bridgehead atoms. The van der Waals surface area contributed by atoms with Crippen LogP contribution in [0, 0.1) is 0 Å². The molecule has 3 aromatic carbocycles. The van der Waals surface area contributed by atoms with E-state index >= 15 is 0 Å². The Bertz CT molecular complexity index is 1600. The Morgan fingerprint density at radius 3 is 2.20 bits per heavy atom. The molecular formula is C29H31N3O8S. The highest BCUT2D eigenvalue weighted by atomic mass is 32.2. The van der Waals surface area contributed by atoms with Gasteiger partial charge in [-0.1, -0.05) is 45.0 Å². The van der Waals surface area contributed by atoms with E-state index in [9.17, 15) is 28.8 Å². The fourth-order valence-electron chi connectivity index (χ4n) is 3.63. The molecule has 1 aromatic heterocycles. The Kier molecular flexibility index (Phi) is 8.66. The molecule has 41 heavy (non-hydrogen) atoms. The summed E-state index contributed by atoms with van der Waals surface area (Å²) in [6.07, 6.45) is -1.28. The summed E-state index contributed by atoms with van der Waals surface area (Å²) in [7, 11) is -4.23. The molecule has 4 rings (SSSR count). The molecule has 0 saturated carbocycles. The lowest BCUT2D eigenvalue weighted by atomic mass is 9.87. The third kappa shape index (κ3) is 7.23. The Labute approximate surface area is 237 Å². The van der Waals surface area contributed by atoms with Gasteiger partial charge in [0.25, 0.3) is 15.9 Å². The SMILES string of the molecule is CC(C)(C)c1ccc(S(=O)(=O)Nc2nc(-c3ccc(O)cc3)nc(OCC(O)CO)c2Oc2ccccc2O)cc1. The van der Waals surface area contributed by atoms with Gasteiger partial charge in [0.15, 0.2) is 23.1 Å². The molecule has 0 saturated heterocycles. The third-order valence-electron chi connectivity index (χ3n) is 5.92. The molecule has 11 nitrogen and oxygen atoms in total. The van der Waals surface area contributed by atoms with E-state index in [0.717, 1.165) is 5.56 Å². The molecule has 4 aromatic rings. The number of nitrogens with zero attached hydrogens (tertiary/aromatic N) is 2. The van der Waals surface area contributed by atoms with E-state index < -0.39 is 29.3 Å². The number of sulfonamides is 1. The summed E-state index contributed by atoms with van der Waals surface area (Å²) in [5.74, 6) is -1.19. The number of aliphatic hydroxyl groups excluding tert-OH is 2. The minimum atomic E-state index is -4.23. The van der Waals surface area contributed by atoms with E-state index in [2.05, 4.69) is 14.7 Å². The smallest absolute Gasteiger partial charge is 0.263 e. The molecule has 0 aliphatic rings. The van der Waals surface area contributed by atoms with Gasteiger partial charge in [0.05, 0.1) is 11.5 Å². The highest BCUT2D eigenvalue weighted by Crippen LogP contribution is 2.41. The van der Waals surface area contributed by atoms with Gasteiger partial charge in [-0.25, -0.2) is 13.4 Å². The second-order valence-electron chi connectivity index (χ2n) is 10.2. The monoisotopic (exact) mass is 581 g/mol. The van der Waals surface area contributed by atoms with Crippen molar-refractivity contribution in [1.82, 2.24) is 9.97 Å². The van der Waals surface area contributed by atoms with Crippen molar-refractivity contribution in [1.29, 1.82) is 0 Å². The van der Waals surface area contributed by atoms with E-state index in [4.69, 9.17) is 9.47 Å². The van der Waals surface area contributed by atoms with Crippen LogP contribution in [-0.2, 0) is 15.4 Å². The van der Waals surface area contributed by atoms with Crippen LogP contribution in [0.1, 0.15) is 26.3 Å². The van der Waals surface area contributed by atoms with Crippen LogP contribution in [-0.4, -0.2) is 58.1 Å². The quantitative estimate of drug-likeness (QED) is 0.183. The van der Waals surface area contributed by atoms with Crippen LogP contribution in [0.15, 0.2) is 77.7 Å². The highest BCUT2D eigenvalue weighted by molar-refractivity contribution is 7.92. The van der Waals surface area contributed by atoms with Crippen LogP contribution in [0.2, 0.25) is 0 Å². The summed E-state index contributed by atoms with van der Waals surface area (Å²) in [5, 5.41) is 39.2. The van der Waals surface area contributed by atoms with Gasteiger partial charge in [-0.05, 0) is 59.5 Å². The van der Waals surface area contributed by atoms with Crippen LogP contribution < -0.4 is 14.2 Å². The first-order chi connectivity index (χ1) is 19.4. The summed E-state index contributed by atoms with van der Waals surface area (Å²) in [6, 6.07) is 18.2. The molecule has 0 spiro atoms. The van der Waals surface area contributed by atoms with Crippen molar-refractivity contribution in [3.63, 3.8) is 0 Å². The molecule has 5 N–H and O–H groups in total. The van der Waals surface area contributed by atoms with Crippen LogP contribution in [0.3, 0.4) is 0 Å². The molecule has 0 amide bonds. The number of aliphatic hydroxyl groups is 2. The van der Waals surface area contributed by atoms with Crippen molar-refractivity contribution in [3.05, 3.63) is 78.4 Å². The van der Waals surface area contributed by atoms with Crippen LogP contribution in [0.25, 0.3) is 11.4 Å². The van der Waals surface area contributed by atoms with E-state index in [0.29, 0.717) is 5.56 Å². The summed E-state index contributed by atoms with van der Waals surface area (Å²) in [5.41, 5.74) is 1.15. The van der Waals surface area contributed by atoms with E-state index in [1.54, 1.807) is 24.3 Å². The fraction of sp³-hybridized carbons (Fsp3) is 0.241. The largest absolute Gasteiger partial charge is 0.508 e. The first-order valence-corrected chi connectivity index (χ1v) is 14.1. The van der Waals surface area contributed by atoms with Gasteiger partial charge < -0.3 is 29.9 Å². The molecule has 0 radical (unpaired) electrons. The number of benzene rings is 3. The summed E-state index contributed by atoms with van der Waals surface area (Å²) in [4.78, 5) is 8.71. The first kappa shape index (κ1) is 29.6. The average Bonchev–Trinajstić information content (AvgIpc) is 2.93. The Morgan fingerprint density at radius 1 is 0.927 bits per heavy atom. The van der Waals surface area contributed by atoms with Crippen molar-refractivity contribution in [3.8, 4) is 40.3 Å². The van der Waals surface area contributed by atoms with Gasteiger partial charge in [-0.2, -0.15) is 4.98 Å². The van der Waals surface area contributed by atoms with Gasteiger partial charge >= 0.3 is 0 Å². The zero-order valence-corrected chi connectivity index (χ0v) is 23.5. The Morgan fingerprint density at radius 2 is 1.59 bits per heavy atom. The zero-order chi connectivity index (χ0) is 29.8. The second-order valence-corrected chi connectivity index (χ2v) is 11.9. The lowest BCUT2D eigenvalue weighted by molar-refractivity contribution is 0.0513. The number of para-hydroxylation sites is 2. The predicted molar refractivity (Wildman–Crippen MR) is 152 cm³/mol. The third-order valence-corrected chi connectivity index (χ3v) is 7.28. The van der Waals surface area contributed by atoms with Crippen molar-refractivity contribution in [2.24, 2.45) is 0 Å². The summed E-state index contributed by atoms with van der Waals surface area (Å²) < 4.78 is 41.0. The lowest BCUT2D eigenvalue weighted by Gasteiger charge is -2.20. The fourth-order valence-corrected chi connectivity index (χ4v) is 4.64. The van der Waals surface area contributed by atoms with Crippen molar-refractivity contribution < 1.29 is 38.3 Å². The maximum atomic E-state index is 13.5. The number of nitrogens with one attached hydrogen (secondary N) is 1. The maximum absolute atomic E-state index is 13.5. The molecule has 0 aliphatic heterocycles. The molecule has 1 unspecified atom stereocenters. The number of phenols is 2. The number of anilines is 1. The van der Waals surface area contributed by atoms with Crippen LogP contribution >= 0.6 is 0 Å². The Balaban J connectivity index is 1.86. The van der Waals surface area contributed by atoms with Gasteiger partial charge in [0, 0.05) is 5.56 Å². The number of aromatic nitrogens is 2. The molecule has 0 fully saturated rings. The van der Waals surface area contributed by atoms with Gasteiger partial charge in [-0.3, -0.25) is 4.72 Å². The Hall–Kier alpha value is -4.39. The van der Waals surface area contributed by atoms with E-state index in [1.165, 1.54) is 48.5 Å². The average molecular weight is 582 g/mol. The predicted octanol–water partition coefficient (Wildman–Crippen LogP) is 4.18. The minimum absolute atomic E-state index is 0.00361. The van der Waals surface area contributed by atoms with Crippen molar-refractivity contribution >= 4 is 15.8 Å². The van der Waals surface area contributed by atoms with Crippen LogP contribution in [0.4, 0.5) is 5.82 Å². The second kappa shape index (κ2) is 12.0. The normalized spacial score (nSPS) is 12.5. The maximum Gasteiger partial charge on any atom is 0.263 e. The highest BCUT2D eigenvalue weighted by Gasteiger charge is 2.26. The van der Waals surface area contributed by atoms with Gasteiger partial charge in [0.1, 0.15) is 18.5 Å². The van der Waals surface area contributed by atoms with E-state index in [-0.39, 0.29) is 50.8 Å². The molecule has 0 aliphatic carbocycles. The minimum Gasteiger partial charge on any atom is -0.508 e. The van der Waals surface area contributed by atoms with E-state index in [1.807, 2.05) is 20.8 Å². The molecule has 216 valence electrons. The zero-order valence-electron chi connectivity index (χ0n) is 22.6. The summed E-state index contributed by atoms with van der Waals surface area (Å²) in [6.45, 7) is 5.02. The number of hydrogen-bond acceptors (Lipinski definition) is 10. The lowest BCUT2D eigenvalue weighted by Crippen LogP contribution is -2.22. The van der Waals surface area contributed by atoms with Gasteiger partial charge in [0.2, 0.25) is 5.75 Å². The molecule has 12 heteroatoms. The van der Waals surface area contributed by atoms with Crippen LogP contribution in [0.5, 0.6) is 28.9 Å². The number of hydrogen-bond donors (Lipinski definition) is 5. The van der Waals surface area contributed by atoms with Crippen molar-refractivity contribution in [2.45, 2.75) is 37.2 Å². The molecule has 1 atom stereocenters. The molecule has 1 heterocycles. The van der Waals surface area contributed by atoms with Gasteiger partial charge in [-0.15, -0.1) is 0 Å². The summed E-state index contributed by atoms with van der Waals surface area (Å²) >= 11 is 0.